The van der Waals surface area contributed by atoms with Crippen molar-refractivity contribution in [3.05, 3.63) is 95.6 Å². The smallest absolute Gasteiger partial charge is 0.258 e. The van der Waals surface area contributed by atoms with Crippen LogP contribution in [-0.2, 0) is 16.0 Å². The lowest BCUT2D eigenvalue weighted by atomic mass is 10.0. The Kier molecular flexibility index (Phi) is 7.10. The molecule has 0 saturated heterocycles. The van der Waals surface area contributed by atoms with Gasteiger partial charge in [-0.25, -0.2) is 8.78 Å². The van der Waals surface area contributed by atoms with Crippen LogP contribution in [0.25, 0.3) is 0 Å². The Labute approximate surface area is 172 Å². The summed E-state index contributed by atoms with van der Waals surface area (Å²) in [6.45, 7) is -0.586. The molecule has 0 aliphatic carbocycles. The first-order chi connectivity index (χ1) is 14.5. The quantitative estimate of drug-likeness (QED) is 0.595. The summed E-state index contributed by atoms with van der Waals surface area (Å²) >= 11 is 0. The lowest BCUT2D eigenvalue weighted by Gasteiger charge is -2.12. The predicted octanol–water partition coefficient (Wildman–Crippen LogP) is 3.69. The van der Waals surface area contributed by atoms with E-state index in [9.17, 15) is 18.4 Å². The maximum absolute atomic E-state index is 13.2. The average Bonchev–Trinajstić information content (AvgIpc) is 2.75. The van der Waals surface area contributed by atoms with E-state index >= 15 is 0 Å². The van der Waals surface area contributed by atoms with E-state index in [1.54, 1.807) is 6.07 Å². The molecule has 7 heteroatoms. The molecule has 0 saturated carbocycles. The Morgan fingerprint density at radius 2 is 1.57 bits per heavy atom. The molecule has 0 fully saturated rings. The van der Waals surface area contributed by atoms with Crippen LogP contribution in [0.2, 0.25) is 0 Å². The fourth-order valence-corrected chi connectivity index (χ4v) is 2.76. The van der Waals surface area contributed by atoms with Gasteiger partial charge in [0.05, 0.1) is 6.54 Å². The molecule has 3 aromatic carbocycles. The first-order valence-electron chi connectivity index (χ1n) is 9.27. The van der Waals surface area contributed by atoms with Gasteiger partial charge in [-0.1, -0.05) is 48.5 Å². The molecule has 3 rings (SSSR count). The molecule has 0 atom stereocenters. The van der Waals surface area contributed by atoms with Crippen molar-refractivity contribution in [1.29, 1.82) is 0 Å². The van der Waals surface area contributed by atoms with Gasteiger partial charge in [0.15, 0.2) is 18.2 Å². The molecule has 0 aliphatic rings. The Morgan fingerprint density at radius 1 is 0.833 bits per heavy atom. The van der Waals surface area contributed by atoms with E-state index in [1.807, 2.05) is 48.5 Å². The van der Waals surface area contributed by atoms with Gasteiger partial charge in [0.2, 0.25) is 5.91 Å². The molecule has 0 aromatic heterocycles. The number of carbonyl (C=O) groups is 2. The van der Waals surface area contributed by atoms with Crippen molar-refractivity contribution in [2.45, 2.75) is 6.42 Å². The van der Waals surface area contributed by atoms with E-state index < -0.39 is 23.4 Å². The standard InChI is InChI=1S/C23H20F2N2O3/c24-19-11-10-18(13-20(19)25)27-22(28)14-26-23(29)15-30-21-9-5-4-8-17(21)12-16-6-2-1-3-7-16/h1-11,13H,12,14-15H2,(H,26,29)(H,27,28). The van der Waals surface area contributed by atoms with Crippen molar-refractivity contribution in [1.82, 2.24) is 5.32 Å². The van der Waals surface area contributed by atoms with Gasteiger partial charge in [0.1, 0.15) is 5.75 Å². The van der Waals surface area contributed by atoms with Crippen molar-refractivity contribution in [3.63, 3.8) is 0 Å². The minimum Gasteiger partial charge on any atom is -0.483 e. The van der Waals surface area contributed by atoms with Crippen molar-refractivity contribution < 1.29 is 23.1 Å². The van der Waals surface area contributed by atoms with E-state index in [0.29, 0.717) is 12.2 Å². The highest BCUT2D eigenvalue weighted by Gasteiger charge is 2.10. The van der Waals surface area contributed by atoms with Crippen LogP contribution in [0.4, 0.5) is 14.5 Å². The zero-order valence-electron chi connectivity index (χ0n) is 16.0. The zero-order valence-corrected chi connectivity index (χ0v) is 16.0. The van der Waals surface area contributed by atoms with Gasteiger partial charge in [0.25, 0.3) is 5.91 Å². The van der Waals surface area contributed by atoms with E-state index in [0.717, 1.165) is 23.3 Å². The van der Waals surface area contributed by atoms with E-state index in [2.05, 4.69) is 10.6 Å². The van der Waals surface area contributed by atoms with E-state index in [1.165, 1.54) is 6.07 Å². The predicted molar refractivity (Wildman–Crippen MR) is 109 cm³/mol. The summed E-state index contributed by atoms with van der Waals surface area (Å²) in [4.78, 5) is 23.9. The van der Waals surface area contributed by atoms with Gasteiger partial charge in [-0.2, -0.15) is 0 Å². The Morgan fingerprint density at radius 3 is 2.33 bits per heavy atom. The molecular formula is C23H20F2N2O3. The van der Waals surface area contributed by atoms with E-state index in [4.69, 9.17) is 4.74 Å². The number of halogens is 2. The SMILES string of the molecule is O=C(COc1ccccc1Cc1ccccc1)NCC(=O)Nc1ccc(F)c(F)c1. The third kappa shape index (κ3) is 6.13. The summed E-state index contributed by atoms with van der Waals surface area (Å²) < 4.78 is 31.7. The van der Waals surface area contributed by atoms with Crippen LogP contribution < -0.4 is 15.4 Å². The lowest BCUT2D eigenvalue weighted by molar-refractivity contribution is -0.125. The molecule has 0 heterocycles. The second kappa shape index (κ2) is 10.2. The minimum absolute atomic E-state index is 0.0965. The second-order valence-corrected chi connectivity index (χ2v) is 6.51. The normalized spacial score (nSPS) is 10.3. The number of anilines is 1. The van der Waals surface area contributed by atoms with Gasteiger partial charge < -0.3 is 15.4 Å². The number of amides is 2. The Balaban J connectivity index is 1.48. The maximum atomic E-state index is 13.2. The van der Waals surface area contributed by atoms with Crippen molar-refractivity contribution >= 4 is 17.5 Å². The first-order valence-corrected chi connectivity index (χ1v) is 9.27. The molecule has 2 N–H and O–H groups in total. The molecule has 0 unspecified atom stereocenters. The van der Waals surface area contributed by atoms with Crippen LogP contribution in [0, 0.1) is 11.6 Å². The highest BCUT2D eigenvalue weighted by atomic mass is 19.2. The van der Waals surface area contributed by atoms with Crippen LogP contribution in [0.3, 0.4) is 0 Å². The molecule has 2 amide bonds. The van der Waals surface area contributed by atoms with E-state index in [-0.39, 0.29) is 18.8 Å². The summed E-state index contributed by atoms with van der Waals surface area (Å²) in [6.07, 6.45) is 0.662. The molecule has 5 nitrogen and oxygen atoms in total. The molecule has 30 heavy (non-hydrogen) atoms. The van der Waals surface area contributed by atoms with Crippen molar-refractivity contribution in [2.75, 3.05) is 18.5 Å². The van der Waals surface area contributed by atoms with Crippen LogP contribution in [0.15, 0.2) is 72.8 Å². The molecule has 0 aliphatic heterocycles. The first kappa shape index (κ1) is 21.0. The highest BCUT2D eigenvalue weighted by molar-refractivity contribution is 5.94. The summed E-state index contributed by atoms with van der Waals surface area (Å²) in [5.41, 5.74) is 2.15. The summed E-state index contributed by atoms with van der Waals surface area (Å²) in [5, 5.41) is 4.80. The minimum atomic E-state index is -1.07. The average molecular weight is 410 g/mol. The number of rotatable bonds is 8. The fraction of sp³-hybridized carbons (Fsp3) is 0.130. The van der Waals surface area contributed by atoms with Gasteiger partial charge in [0, 0.05) is 18.2 Å². The van der Waals surface area contributed by atoms with Gasteiger partial charge in [-0.3, -0.25) is 9.59 Å². The maximum Gasteiger partial charge on any atom is 0.258 e. The van der Waals surface area contributed by atoms with Gasteiger partial charge >= 0.3 is 0 Å². The molecule has 0 spiro atoms. The Bertz CT molecular complexity index is 1030. The summed E-state index contributed by atoms with van der Waals surface area (Å²) in [5.74, 6) is -2.54. The van der Waals surface area contributed by atoms with Crippen LogP contribution >= 0.6 is 0 Å². The number of hydrogen-bond acceptors (Lipinski definition) is 3. The van der Waals surface area contributed by atoms with Crippen molar-refractivity contribution in [3.8, 4) is 5.75 Å². The number of ether oxygens (including phenoxy) is 1. The molecule has 3 aromatic rings. The summed E-state index contributed by atoms with van der Waals surface area (Å²) in [6, 6.07) is 20.3. The molecule has 0 bridgehead atoms. The number of benzene rings is 3. The monoisotopic (exact) mass is 410 g/mol. The third-order valence-corrected chi connectivity index (χ3v) is 4.22. The topological polar surface area (TPSA) is 67.4 Å². The van der Waals surface area contributed by atoms with Crippen LogP contribution in [-0.4, -0.2) is 25.0 Å². The van der Waals surface area contributed by atoms with Crippen LogP contribution in [0.1, 0.15) is 11.1 Å². The second-order valence-electron chi connectivity index (χ2n) is 6.51. The molecular weight excluding hydrogens is 390 g/mol. The lowest BCUT2D eigenvalue weighted by Crippen LogP contribution is -2.35. The number of nitrogens with one attached hydrogen (secondary N) is 2. The summed E-state index contributed by atoms with van der Waals surface area (Å²) in [7, 11) is 0. The van der Waals surface area contributed by atoms with Gasteiger partial charge in [-0.15, -0.1) is 0 Å². The Hall–Kier alpha value is -3.74. The zero-order chi connectivity index (χ0) is 21.3. The van der Waals surface area contributed by atoms with Crippen molar-refractivity contribution in [2.24, 2.45) is 0 Å². The number of para-hydroxylation sites is 1. The van der Waals surface area contributed by atoms with Gasteiger partial charge in [-0.05, 0) is 29.3 Å². The third-order valence-electron chi connectivity index (χ3n) is 4.22. The largest absolute Gasteiger partial charge is 0.483 e. The fourth-order valence-electron chi connectivity index (χ4n) is 2.76. The van der Waals surface area contributed by atoms with Crippen LogP contribution in [0.5, 0.6) is 5.75 Å². The number of carbonyl (C=O) groups excluding carboxylic acids is 2. The molecule has 154 valence electrons. The highest BCUT2D eigenvalue weighted by Crippen LogP contribution is 2.21. The number of hydrogen-bond donors (Lipinski definition) is 2. The molecule has 0 radical (unpaired) electrons.